The third-order valence-electron chi connectivity index (χ3n) is 4.85. The van der Waals surface area contributed by atoms with Crippen LogP contribution in [-0.2, 0) is 13.8 Å². The van der Waals surface area contributed by atoms with E-state index in [-0.39, 0.29) is 0 Å². The van der Waals surface area contributed by atoms with Gasteiger partial charge < -0.3 is 0 Å². The van der Waals surface area contributed by atoms with Gasteiger partial charge in [-0.3, -0.25) is 0 Å². The summed E-state index contributed by atoms with van der Waals surface area (Å²) in [5.74, 6) is -2.47. The fraction of sp³-hybridized carbons (Fsp3) is 0.190. The number of carbonyl (C=O) groups is 1. The monoisotopic (exact) mass is 485 g/mol. The van der Waals surface area contributed by atoms with Crippen LogP contribution in [0.25, 0.3) is 16.2 Å². The first-order valence-corrected chi connectivity index (χ1v) is 12.6. The van der Waals surface area contributed by atoms with Crippen molar-refractivity contribution in [3.8, 4) is 0 Å². The van der Waals surface area contributed by atoms with Gasteiger partial charge in [0.15, 0.2) is 0 Å². The molecule has 5 nitrogen and oxygen atoms in total. The van der Waals surface area contributed by atoms with E-state index < -0.39 is 31.1 Å². The number of rotatable bonds is 5. The number of fused-ring (bicyclic) bond motifs is 1. The van der Waals surface area contributed by atoms with Gasteiger partial charge in [-0.15, -0.1) is 0 Å². The average molecular weight is 486 g/mol. The maximum atomic E-state index is 13.4. The topological polar surface area (TPSA) is 67.8 Å². The molecule has 4 rings (SSSR count). The molecule has 2 heterocycles. The Hall–Kier alpha value is -1.93. The van der Waals surface area contributed by atoms with Gasteiger partial charge in [-0.05, 0) is 0 Å². The van der Waals surface area contributed by atoms with Crippen molar-refractivity contribution in [2.75, 3.05) is 13.2 Å². The van der Waals surface area contributed by atoms with E-state index in [1.54, 1.807) is 17.5 Å². The number of thiophene rings is 1. The van der Waals surface area contributed by atoms with Crippen LogP contribution in [0.15, 0.2) is 48.0 Å². The predicted molar refractivity (Wildman–Crippen MR) is 120 cm³/mol. The van der Waals surface area contributed by atoms with E-state index in [1.807, 2.05) is 6.07 Å². The summed E-state index contributed by atoms with van der Waals surface area (Å²) in [6.45, 7) is 0.583. The molecule has 1 aliphatic rings. The van der Waals surface area contributed by atoms with E-state index >= 15 is 0 Å². The molecule has 1 fully saturated rings. The fourth-order valence-electron chi connectivity index (χ4n) is 3.37. The zero-order valence-corrected chi connectivity index (χ0v) is 18.7. The number of halogens is 3. The van der Waals surface area contributed by atoms with Gasteiger partial charge in [0, 0.05) is 0 Å². The van der Waals surface area contributed by atoms with Crippen LogP contribution in [-0.4, -0.2) is 24.0 Å². The summed E-state index contributed by atoms with van der Waals surface area (Å²) in [6, 6.07) is 8.73. The molecular formula is C21H19ClF2NO4PS. The third-order valence-corrected chi connectivity index (χ3v) is 8.61. The summed E-state index contributed by atoms with van der Waals surface area (Å²) < 4.78 is 38.6. The molecule has 0 aliphatic carbocycles. The zero-order valence-electron chi connectivity index (χ0n) is 16.1. The number of benzene rings is 2. The Balaban J connectivity index is 1.65. The standard InChI is InChI=1S/C21H19ClF2NO4PS/c22-14-3-5-19-15(11-14)16(12-31-19)20(30(27)28-8-1-9-29-30)21(26)25-7-6-13-2-4-17(23)18(24)10-13/h2-7,10-12,20,27,30H,1,8-9H2,(H,25,26)/b7-6+. The molecule has 0 saturated carbocycles. The van der Waals surface area contributed by atoms with Crippen LogP contribution < -0.4 is 5.32 Å². The van der Waals surface area contributed by atoms with Crippen LogP contribution in [0.1, 0.15) is 23.2 Å². The molecule has 3 aromatic rings. The number of nitrogens with one attached hydrogen (secondary N) is 1. The van der Waals surface area contributed by atoms with E-state index in [0.29, 0.717) is 35.8 Å². The summed E-state index contributed by atoms with van der Waals surface area (Å²) in [4.78, 5) is 24.4. The van der Waals surface area contributed by atoms with E-state index in [0.717, 1.165) is 22.2 Å². The Morgan fingerprint density at radius 1 is 1.19 bits per heavy atom. The van der Waals surface area contributed by atoms with Gasteiger partial charge >= 0.3 is 187 Å². The predicted octanol–water partition coefficient (Wildman–Crippen LogP) is 5.59. The third kappa shape index (κ3) is 4.80. The Kier molecular flexibility index (Phi) is 6.67. The van der Waals surface area contributed by atoms with Crippen LogP contribution in [0, 0.1) is 11.6 Å². The first-order chi connectivity index (χ1) is 14.9. The minimum atomic E-state index is -3.91. The van der Waals surface area contributed by atoms with Gasteiger partial charge in [0.05, 0.1) is 0 Å². The van der Waals surface area contributed by atoms with E-state index in [9.17, 15) is 18.5 Å². The Morgan fingerprint density at radius 2 is 1.97 bits per heavy atom. The average Bonchev–Trinajstić information content (AvgIpc) is 3.14. The molecule has 2 N–H and O–H groups in total. The van der Waals surface area contributed by atoms with Gasteiger partial charge in [-0.2, -0.15) is 0 Å². The first-order valence-electron chi connectivity index (χ1n) is 9.46. The van der Waals surface area contributed by atoms with Crippen molar-refractivity contribution in [1.82, 2.24) is 5.32 Å². The second-order valence-corrected chi connectivity index (χ2v) is 10.7. The zero-order chi connectivity index (χ0) is 22.0. The summed E-state index contributed by atoms with van der Waals surface area (Å²) in [7, 11) is -3.91. The van der Waals surface area contributed by atoms with Crippen molar-refractivity contribution in [2.45, 2.75) is 12.1 Å². The molecule has 0 bridgehead atoms. The molecular weight excluding hydrogens is 467 g/mol. The molecule has 164 valence electrons. The molecule has 1 aromatic heterocycles. The number of hydrogen-bond acceptors (Lipinski definition) is 5. The van der Waals surface area contributed by atoms with Crippen LogP contribution >= 0.6 is 30.9 Å². The molecule has 31 heavy (non-hydrogen) atoms. The molecule has 1 atom stereocenters. The normalized spacial score (nSPS) is 18.2. The summed E-state index contributed by atoms with van der Waals surface area (Å²) in [5, 5.41) is 5.63. The van der Waals surface area contributed by atoms with Crippen LogP contribution in [0.3, 0.4) is 0 Å². The molecule has 1 amide bonds. The SMILES string of the molecule is O=C(N/C=C/c1ccc(F)c(F)c1)C(c1csc2ccc(Cl)cc12)[PH]1(O)OCCCO1. The van der Waals surface area contributed by atoms with Crippen molar-refractivity contribution in [3.05, 3.63) is 75.8 Å². The van der Waals surface area contributed by atoms with Gasteiger partial charge in [-0.1, -0.05) is 0 Å². The van der Waals surface area contributed by atoms with Crippen molar-refractivity contribution in [2.24, 2.45) is 0 Å². The van der Waals surface area contributed by atoms with Crippen LogP contribution in [0.5, 0.6) is 0 Å². The van der Waals surface area contributed by atoms with Crippen molar-refractivity contribution in [1.29, 1.82) is 0 Å². The molecule has 1 unspecified atom stereocenters. The van der Waals surface area contributed by atoms with E-state index in [4.69, 9.17) is 20.6 Å². The van der Waals surface area contributed by atoms with Gasteiger partial charge in [-0.25, -0.2) is 0 Å². The number of hydrogen-bond donors (Lipinski definition) is 2. The first kappa shape index (κ1) is 22.3. The minimum absolute atomic E-state index is 0.292. The number of amides is 1. The van der Waals surface area contributed by atoms with Gasteiger partial charge in [0.2, 0.25) is 0 Å². The maximum absolute atomic E-state index is 13.4. The molecule has 1 aliphatic heterocycles. The van der Waals surface area contributed by atoms with Gasteiger partial charge in [0.1, 0.15) is 0 Å². The van der Waals surface area contributed by atoms with Gasteiger partial charge in [0.25, 0.3) is 0 Å². The number of carbonyl (C=O) groups excluding carboxylic acids is 1. The Labute approximate surface area is 186 Å². The van der Waals surface area contributed by atoms with E-state index in [1.165, 1.54) is 29.7 Å². The fourth-order valence-corrected chi connectivity index (χ4v) is 6.97. The molecule has 2 aromatic carbocycles. The van der Waals surface area contributed by atoms with Crippen molar-refractivity contribution >= 4 is 53.0 Å². The Bertz CT molecular complexity index is 1150. The summed E-state index contributed by atoms with van der Waals surface area (Å²) >= 11 is 7.57. The van der Waals surface area contributed by atoms with Crippen LogP contribution in [0.2, 0.25) is 5.02 Å². The molecule has 0 spiro atoms. The molecule has 0 radical (unpaired) electrons. The second-order valence-electron chi connectivity index (χ2n) is 6.96. The van der Waals surface area contributed by atoms with E-state index in [2.05, 4.69) is 5.32 Å². The second kappa shape index (κ2) is 9.28. The van der Waals surface area contributed by atoms with Crippen LogP contribution in [0.4, 0.5) is 8.78 Å². The van der Waals surface area contributed by atoms with Crippen molar-refractivity contribution < 1.29 is 27.5 Å². The van der Waals surface area contributed by atoms with Crippen molar-refractivity contribution in [3.63, 3.8) is 0 Å². The molecule has 10 heteroatoms. The molecule has 1 saturated heterocycles. The summed E-state index contributed by atoms with van der Waals surface area (Å²) in [6.07, 6.45) is 3.36. The summed E-state index contributed by atoms with van der Waals surface area (Å²) in [5.41, 5.74) is -0.142. The Morgan fingerprint density at radius 3 is 2.71 bits per heavy atom. The quantitative estimate of drug-likeness (QED) is 0.463.